The first kappa shape index (κ1) is 26.4. The second-order valence-electron chi connectivity index (χ2n) is 8.56. The smallest absolute Gasteiger partial charge is 0.408 e. The van der Waals surface area contributed by atoms with Crippen molar-refractivity contribution in [3.05, 3.63) is 35.4 Å². The standard InChI is InChI=1S/C22H35N3O6/c1-14(2)23-19(28)18(16-10-8-7-9-15(16)3)25(11-12-26)20(29)17(13-27)24-21(30)31-22(4,5)6/h7-10,14,17-18,26-27H,11-13H2,1-6H3,(H,23,28)(H,24,30). The Balaban J connectivity index is 3.32. The third-order valence-corrected chi connectivity index (χ3v) is 4.27. The lowest BCUT2D eigenvalue weighted by atomic mass is 9.98. The monoisotopic (exact) mass is 437 g/mol. The number of aliphatic hydroxyl groups excluding tert-OH is 2. The Morgan fingerprint density at radius 2 is 1.71 bits per heavy atom. The highest BCUT2D eigenvalue weighted by atomic mass is 16.6. The number of aryl methyl sites for hydroxylation is 1. The Morgan fingerprint density at radius 1 is 1.10 bits per heavy atom. The molecule has 0 saturated heterocycles. The molecule has 174 valence electrons. The van der Waals surface area contributed by atoms with Gasteiger partial charge in [-0.25, -0.2) is 4.79 Å². The van der Waals surface area contributed by atoms with E-state index in [4.69, 9.17) is 4.74 Å². The third kappa shape index (κ3) is 8.18. The summed E-state index contributed by atoms with van der Waals surface area (Å²) in [4.78, 5) is 39.7. The van der Waals surface area contributed by atoms with Crippen LogP contribution in [0, 0.1) is 6.92 Å². The average molecular weight is 438 g/mol. The largest absolute Gasteiger partial charge is 0.444 e. The normalized spacial score (nSPS) is 13.3. The van der Waals surface area contributed by atoms with Crippen LogP contribution in [0.2, 0.25) is 0 Å². The fourth-order valence-corrected chi connectivity index (χ4v) is 3.02. The highest BCUT2D eigenvalue weighted by molar-refractivity contribution is 5.92. The van der Waals surface area contributed by atoms with Gasteiger partial charge in [-0.1, -0.05) is 24.3 Å². The van der Waals surface area contributed by atoms with E-state index in [-0.39, 0.29) is 12.6 Å². The quantitative estimate of drug-likeness (QED) is 0.461. The van der Waals surface area contributed by atoms with Crippen LogP contribution < -0.4 is 10.6 Å². The first-order valence-corrected chi connectivity index (χ1v) is 10.3. The van der Waals surface area contributed by atoms with Gasteiger partial charge in [0.1, 0.15) is 17.7 Å². The molecule has 0 fully saturated rings. The summed E-state index contributed by atoms with van der Waals surface area (Å²) >= 11 is 0. The van der Waals surface area contributed by atoms with Gasteiger partial charge >= 0.3 is 6.09 Å². The van der Waals surface area contributed by atoms with Crippen LogP contribution in [0.5, 0.6) is 0 Å². The predicted octanol–water partition coefficient (Wildman–Crippen LogP) is 1.27. The molecule has 9 heteroatoms. The molecule has 0 bridgehead atoms. The lowest BCUT2D eigenvalue weighted by molar-refractivity contribution is -0.144. The minimum Gasteiger partial charge on any atom is -0.444 e. The predicted molar refractivity (Wildman–Crippen MR) is 116 cm³/mol. The van der Waals surface area contributed by atoms with Gasteiger partial charge in [0.25, 0.3) is 0 Å². The maximum Gasteiger partial charge on any atom is 0.408 e. The number of ether oxygens (including phenoxy) is 1. The summed E-state index contributed by atoms with van der Waals surface area (Å²) < 4.78 is 5.16. The van der Waals surface area contributed by atoms with E-state index >= 15 is 0 Å². The number of hydrogen-bond acceptors (Lipinski definition) is 6. The fourth-order valence-electron chi connectivity index (χ4n) is 3.02. The third-order valence-electron chi connectivity index (χ3n) is 4.27. The minimum atomic E-state index is -1.35. The maximum atomic E-state index is 13.3. The highest BCUT2D eigenvalue weighted by Gasteiger charge is 2.36. The molecule has 0 saturated carbocycles. The van der Waals surface area contributed by atoms with Crippen molar-refractivity contribution in [1.82, 2.24) is 15.5 Å². The maximum absolute atomic E-state index is 13.3. The van der Waals surface area contributed by atoms with Crippen LogP contribution in [-0.4, -0.2) is 70.5 Å². The Hall–Kier alpha value is -2.65. The van der Waals surface area contributed by atoms with E-state index in [1.165, 1.54) is 0 Å². The molecule has 0 heterocycles. The van der Waals surface area contributed by atoms with Gasteiger partial charge in [-0.05, 0) is 52.7 Å². The Morgan fingerprint density at radius 3 is 2.19 bits per heavy atom. The molecule has 1 aromatic carbocycles. The first-order valence-electron chi connectivity index (χ1n) is 10.3. The molecule has 2 unspecified atom stereocenters. The highest BCUT2D eigenvalue weighted by Crippen LogP contribution is 2.25. The second kappa shape index (κ2) is 11.7. The summed E-state index contributed by atoms with van der Waals surface area (Å²) in [6.45, 7) is 9.14. The zero-order valence-electron chi connectivity index (χ0n) is 19.1. The second-order valence-corrected chi connectivity index (χ2v) is 8.56. The van der Waals surface area contributed by atoms with Gasteiger partial charge < -0.3 is 30.5 Å². The van der Waals surface area contributed by atoms with Crippen LogP contribution in [0.4, 0.5) is 4.79 Å². The van der Waals surface area contributed by atoms with E-state index < -0.39 is 48.8 Å². The number of carbonyl (C=O) groups excluding carboxylic acids is 3. The van der Waals surface area contributed by atoms with Crippen molar-refractivity contribution in [2.24, 2.45) is 0 Å². The van der Waals surface area contributed by atoms with Crippen molar-refractivity contribution < 1.29 is 29.3 Å². The van der Waals surface area contributed by atoms with Crippen molar-refractivity contribution in [1.29, 1.82) is 0 Å². The molecule has 0 spiro atoms. The van der Waals surface area contributed by atoms with Crippen LogP contribution in [0.25, 0.3) is 0 Å². The fraction of sp³-hybridized carbons (Fsp3) is 0.591. The van der Waals surface area contributed by atoms with Crippen LogP contribution in [0.15, 0.2) is 24.3 Å². The van der Waals surface area contributed by atoms with Gasteiger partial charge in [-0.3, -0.25) is 9.59 Å². The summed E-state index contributed by atoms with van der Waals surface area (Å²) in [5.74, 6) is -1.14. The van der Waals surface area contributed by atoms with Gasteiger partial charge in [0.05, 0.1) is 13.2 Å². The topological polar surface area (TPSA) is 128 Å². The molecule has 0 radical (unpaired) electrons. The number of benzene rings is 1. The van der Waals surface area contributed by atoms with Gasteiger partial charge in [0.2, 0.25) is 11.8 Å². The van der Waals surface area contributed by atoms with Gasteiger partial charge in [-0.2, -0.15) is 0 Å². The molecular weight excluding hydrogens is 402 g/mol. The van der Waals surface area contributed by atoms with E-state index in [9.17, 15) is 24.6 Å². The van der Waals surface area contributed by atoms with Gasteiger partial charge in [-0.15, -0.1) is 0 Å². The zero-order chi connectivity index (χ0) is 23.8. The molecule has 2 atom stereocenters. The van der Waals surface area contributed by atoms with Crippen LogP contribution in [0.3, 0.4) is 0 Å². The number of aliphatic hydroxyl groups is 2. The zero-order valence-corrected chi connectivity index (χ0v) is 19.1. The molecular formula is C22H35N3O6. The van der Waals surface area contributed by atoms with E-state index in [2.05, 4.69) is 10.6 Å². The number of carbonyl (C=O) groups is 3. The first-order chi connectivity index (χ1) is 14.4. The van der Waals surface area contributed by atoms with Crippen molar-refractivity contribution in [2.75, 3.05) is 19.8 Å². The molecule has 4 N–H and O–H groups in total. The van der Waals surface area contributed by atoms with Gasteiger partial charge in [0, 0.05) is 12.6 Å². The Labute approximate surface area is 183 Å². The van der Waals surface area contributed by atoms with Crippen LogP contribution >= 0.6 is 0 Å². The van der Waals surface area contributed by atoms with Crippen LogP contribution in [-0.2, 0) is 14.3 Å². The number of rotatable bonds is 9. The van der Waals surface area contributed by atoms with E-state index in [1.807, 2.05) is 19.1 Å². The molecule has 0 aliphatic heterocycles. The summed E-state index contributed by atoms with van der Waals surface area (Å²) in [6, 6.07) is 4.52. The molecule has 0 aromatic heterocycles. The Bertz CT molecular complexity index is 760. The SMILES string of the molecule is Cc1ccccc1C(C(=O)NC(C)C)N(CCO)C(=O)C(CO)NC(=O)OC(C)(C)C. The summed E-state index contributed by atoms with van der Waals surface area (Å²) in [7, 11) is 0. The lowest BCUT2D eigenvalue weighted by Crippen LogP contribution is -2.55. The molecule has 0 aliphatic rings. The van der Waals surface area contributed by atoms with Crippen molar-refractivity contribution >= 4 is 17.9 Å². The number of amides is 3. The van der Waals surface area contributed by atoms with E-state index in [0.29, 0.717) is 5.56 Å². The number of hydrogen-bond donors (Lipinski definition) is 4. The Kier molecular flexibility index (Phi) is 9.93. The van der Waals surface area contributed by atoms with Gasteiger partial charge in [0.15, 0.2) is 0 Å². The van der Waals surface area contributed by atoms with Crippen molar-refractivity contribution in [3.63, 3.8) is 0 Å². The molecule has 1 rings (SSSR count). The molecule has 9 nitrogen and oxygen atoms in total. The van der Waals surface area contributed by atoms with Crippen molar-refractivity contribution in [3.8, 4) is 0 Å². The number of nitrogens with zero attached hydrogens (tertiary/aromatic N) is 1. The molecule has 3 amide bonds. The van der Waals surface area contributed by atoms with E-state index in [1.54, 1.807) is 46.8 Å². The number of nitrogens with one attached hydrogen (secondary N) is 2. The van der Waals surface area contributed by atoms with Crippen molar-refractivity contribution in [2.45, 2.75) is 65.3 Å². The number of alkyl carbamates (subject to hydrolysis) is 1. The van der Waals surface area contributed by atoms with E-state index in [0.717, 1.165) is 10.5 Å². The minimum absolute atomic E-state index is 0.171. The average Bonchev–Trinajstić information content (AvgIpc) is 2.64. The molecule has 0 aliphatic carbocycles. The summed E-state index contributed by atoms with van der Waals surface area (Å²) in [6.07, 6.45) is -0.872. The lowest BCUT2D eigenvalue weighted by Gasteiger charge is -2.34. The summed E-state index contributed by atoms with van der Waals surface area (Å²) in [5, 5.41) is 24.5. The molecule has 31 heavy (non-hydrogen) atoms. The van der Waals surface area contributed by atoms with Crippen LogP contribution in [0.1, 0.15) is 51.8 Å². The molecule has 1 aromatic rings. The summed E-state index contributed by atoms with van der Waals surface area (Å²) in [5.41, 5.74) is 0.567.